The van der Waals surface area contributed by atoms with E-state index < -0.39 is 0 Å². The number of methoxy groups -OCH3 is 1. The number of rotatable bonds is 7. The number of carbonyl (C=O) groups is 1. The molecule has 0 N–H and O–H groups in total. The zero-order chi connectivity index (χ0) is 17.6. The molecule has 0 unspecified atom stereocenters. The second-order valence-corrected chi connectivity index (χ2v) is 6.40. The minimum absolute atomic E-state index is 0.148. The molecule has 136 valence electrons. The molecule has 3 rings (SSSR count). The molecular formula is C18H26N4O3. The summed E-state index contributed by atoms with van der Waals surface area (Å²) in [6.45, 7) is 5.38. The van der Waals surface area contributed by atoms with Gasteiger partial charge in [-0.3, -0.25) is 4.79 Å². The fraction of sp³-hybridized carbons (Fsp3) is 0.611. The van der Waals surface area contributed by atoms with Gasteiger partial charge in [-0.25, -0.2) is 9.97 Å². The number of amides is 1. The van der Waals surface area contributed by atoms with E-state index in [9.17, 15) is 4.79 Å². The highest BCUT2D eigenvalue weighted by molar-refractivity contribution is 5.76. The van der Waals surface area contributed by atoms with Gasteiger partial charge in [0.15, 0.2) is 5.65 Å². The monoisotopic (exact) mass is 346 g/mol. The first kappa shape index (κ1) is 17.8. The predicted octanol–water partition coefficient (Wildman–Crippen LogP) is 1.82. The van der Waals surface area contributed by atoms with Gasteiger partial charge in [-0.05, 0) is 25.5 Å². The van der Waals surface area contributed by atoms with E-state index in [0.717, 1.165) is 29.8 Å². The minimum Gasteiger partial charge on any atom is -0.383 e. The van der Waals surface area contributed by atoms with Gasteiger partial charge in [-0.15, -0.1) is 0 Å². The lowest BCUT2D eigenvalue weighted by Gasteiger charge is -2.26. The summed E-state index contributed by atoms with van der Waals surface area (Å²) in [5.41, 5.74) is 1.77. The van der Waals surface area contributed by atoms with Crippen molar-refractivity contribution in [2.24, 2.45) is 0 Å². The van der Waals surface area contributed by atoms with Gasteiger partial charge in [-0.1, -0.05) is 0 Å². The molecule has 1 aliphatic heterocycles. The first-order chi connectivity index (χ1) is 12.2. The molecule has 1 atom stereocenters. The first-order valence-corrected chi connectivity index (χ1v) is 8.87. The van der Waals surface area contributed by atoms with Gasteiger partial charge in [0.25, 0.3) is 0 Å². The zero-order valence-electron chi connectivity index (χ0n) is 15.0. The Kier molecular flexibility index (Phi) is 5.99. The van der Waals surface area contributed by atoms with Crippen molar-refractivity contribution >= 4 is 17.1 Å². The molecule has 1 amide bonds. The van der Waals surface area contributed by atoms with E-state index in [2.05, 4.69) is 16.5 Å². The topological polar surface area (TPSA) is 69.5 Å². The molecule has 0 saturated carbocycles. The average molecular weight is 346 g/mol. The van der Waals surface area contributed by atoms with Crippen molar-refractivity contribution in [2.45, 2.75) is 32.2 Å². The number of fused-ring (bicyclic) bond motifs is 1. The van der Waals surface area contributed by atoms with Crippen LogP contribution >= 0.6 is 0 Å². The molecule has 1 aliphatic rings. The quantitative estimate of drug-likeness (QED) is 0.765. The van der Waals surface area contributed by atoms with Crippen molar-refractivity contribution < 1.29 is 14.3 Å². The molecule has 0 radical (unpaired) electrons. The Hall–Kier alpha value is -1.99. The lowest BCUT2D eigenvalue weighted by molar-refractivity contribution is -0.135. The van der Waals surface area contributed by atoms with Crippen molar-refractivity contribution in [1.82, 2.24) is 19.4 Å². The molecule has 0 bridgehead atoms. The van der Waals surface area contributed by atoms with Crippen LogP contribution < -0.4 is 0 Å². The van der Waals surface area contributed by atoms with Crippen LogP contribution in [0, 0.1) is 0 Å². The maximum Gasteiger partial charge on any atom is 0.222 e. The van der Waals surface area contributed by atoms with E-state index in [1.54, 1.807) is 13.3 Å². The third kappa shape index (κ3) is 4.16. The predicted molar refractivity (Wildman–Crippen MR) is 94.5 cm³/mol. The number of ether oxygens (including phenoxy) is 2. The Morgan fingerprint density at radius 2 is 2.20 bits per heavy atom. The number of morpholine rings is 1. The van der Waals surface area contributed by atoms with Gasteiger partial charge < -0.3 is 18.9 Å². The second kappa shape index (κ2) is 8.40. The summed E-state index contributed by atoms with van der Waals surface area (Å²) < 4.78 is 12.7. The van der Waals surface area contributed by atoms with E-state index in [1.807, 2.05) is 17.0 Å². The normalized spacial score (nSPS) is 16.3. The zero-order valence-corrected chi connectivity index (χ0v) is 15.0. The van der Waals surface area contributed by atoms with E-state index >= 15 is 0 Å². The summed E-state index contributed by atoms with van der Waals surface area (Å²) in [5, 5.41) is 0. The van der Waals surface area contributed by atoms with Crippen LogP contribution in [-0.2, 0) is 20.7 Å². The number of aryl methyl sites for hydroxylation is 1. The van der Waals surface area contributed by atoms with Gasteiger partial charge in [0.2, 0.25) is 5.91 Å². The van der Waals surface area contributed by atoms with Crippen LogP contribution in [0.15, 0.2) is 18.3 Å². The van der Waals surface area contributed by atoms with Crippen LogP contribution in [0.25, 0.3) is 11.2 Å². The van der Waals surface area contributed by atoms with E-state index in [4.69, 9.17) is 14.5 Å². The molecule has 1 saturated heterocycles. The standard InChI is InChI=1S/C18H26N4O3/c1-14(13-24-2)22-16(20-15-5-4-8-19-18(15)22)6-3-7-17(23)21-9-11-25-12-10-21/h4-5,8,14H,3,6-7,9-13H2,1-2H3/t14-/m1/s1. The fourth-order valence-corrected chi connectivity index (χ4v) is 3.30. The summed E-state index contributed by atoms with van der Waals surface area (Å²) in [6.07, 6.45) is 3.85. The van der Waals surface area contributed by atoms with Gasteiger partial charge in [0, 0.05) is 39.2 Å². The van der Waals surface area contributed by atoms with E-state index in [0.29, 0.717) is 39.3 Å². The molecule has 0 aliphatic carbocycles. The number of nitrogens with zero attached hydrogens (tertiary/aromatic N) is 4. The Bertz CT molecular complexity index is 709. The summed E-state index contributed by atoms with van der Waals surface area (Å²) in [6, 6.07) is 4.02. The Morgan fingerprint density at radius 1 is 1.40 bits per heavy atom. The smallest absolute Gasteiger partial charge is 0.222 e. The summed E-state index contributed by atoms with van der Waals surface area (Å²) in [4.78, 5) is 23.4. The highest BCUT2D eigenvalue weighted by Gasteiger charge is 2.19. The molecule has 2 aromatic rings. The van der Waals surface area contributed by atoms with Crippen molar-refractivity contribution in [3.63, 3.8) is 0 Å². The van der Waals surface area contributed by atoms with E-state index in [1.165, 1.54) is 0 Å². The van der Waals surface area contributed by atoms with Crippen molar-refractivity contribution in [3.05, 3.63) is 24.2 Å². The largest absolute Gasteiger partial charge is 0.383 e. The highest BCUT2D eigenvalue weighted by Crippen LogP contribution is 2.21. The Morgan fingerprint density at radius 3 is 2.96 bits per heavy atom. The summed E-state index contributed by atoms with van der Waals surface area (Å²) in [5.74, 6) is 1.17. The van der Waals surface area contributed by atoms with Crippen molar-refractivity contribution in [3.8, 4) is 0 Å². The number of imidazole rings is 1. The third-order valence-corrected chi connectivity index (χ3v) is 4.53. The van der Waals surface area contributed by atoms with Gasteiger partial charge in [-0.2, -0.15) is 0 Å². The van der Waals surface area contributed by atoms with Crippen LogP contribution in [0.5, 0.6) is 0 Å². The third-order valence-electron chi connectivity index (χ3n) is 4.53. The molecule has 3 heterocycles. The van der Waals surface area contributed by atoms with Gasteiger partial charge in [0.1, 0.15) is 11.3 Å². The van der Waals surface area contributed by atoms with Crippen LogP contribution in [-0.4, -0.2) is 65.4 Å². The molecule has 1 fully saturated rings. The Labute approximate surface area is 147 Å². The van der Waals surface area contributed by atoms with Gasteiger partial charge in [0.05, 0.1) is 25.9 Å². The van der Waals surface area contributed by atoms with E-state index in [-0.39, 0.29) is 11.9 Å². The Balaban J connectivity index is 1.68. The first-order valence-electron chi connectivity index (χ1n) is 8.87. The van der Waals surface area contributed by atoms with Crippen LogP contribution in [0.4, 0.5) is 0 Å². The van der Waals surface area contributed by atoms with Crippen LogP contribution in [0.3, 0.4) is 0 Å². The lowest BCUT2D eigenvalue weighted by atomic mass is 10.2. The molecule has 7 nitrogen and oxygen atoms in total. The number of carbonyl (C=O) groups excluding carboxylic acids is 1. The number of hydrogen-bond acceptors (Lipinski definition) is 5. The maximum atomic E-state index is 12.3. The summed E-state index contributed by atoms with van der Waals surface area (Å²) in [7, 11) is 1.70. The van der Waals surface area contributed by atoms with Crippen molar-refractivity contribution in [1.29, 1.82) is 0 Å². The molecule has 0 spiro atoms. The lowest BCUT2D eigenvalue weighted by Crippen LogP contribution is -2.40. The molecule has 25 heavy (non-hydrogen) atoms. The molecule has 0 aromatic carbocycles. The van der Waals surface area contributed by atoms with Crippen LogP contribution in [0.1, 0.15) is 31.6 Å². The number of hydrogen-bond donors (Lipinski definition) is 0. The number of pyridine rings is 1. The average Bonchev–Trinajstić information content (AvgIpc) is 3.01. The highest BCUT2D eigenvalue weighted by atomic mass is 16.5. The second-order valence-electron chi connectivity index (χ2n) is 6.40. The maximum absolute atomic E-state index is 12.3. The molecule has 2 aromatic heterocycles. The SMILES string of the molecule is COC[C@@H](C)n1c(CCCC(=O)N2CCOCC2)nc2cccnc21. The van der Waals surface area contributed by atoms with Crippen molar-refractivity contribution in [2.75, 3.05) is 40.0 Å². The number of aromatic nitrogens is 3. The fourth-order valence-electron chi connectivity index (χ4n) is 3.30. The molecule has 7 heteroatoms. The van der Waals surface area contributed by atoms with Crippen LogP contribution in [0.2, 0.25) is 0 Å². The van der Waals surface area contributed by atoms with Gasteiger partial charge >= 0.3 is 0 Å². The molecular weight excluding hydrogens is 320 g/mol. The minimum atomic E-state index is 0.148. The summed E-state index contributed by atoms with van der Waals surface area (Å²) >= 11 is 0.